The molecular formula is C15H17O8P. The maximum absolute atomic E-state index is 11.0. The molecule has 8 nitrogen and oxygen atoms in total. The van der Waals surface area contributed by atoms with E-state index in [1.165, 1.54) is 12.1 Å². The number of aryl methyl sites for hydroxylation is 1. The van der Waals surface area contributed by atoms with E-state index in [1.807, 2.05) is 0 Å². The van der Waals surface area contributed by atoms with E-state index in [-0.39, 0.29) is 17.7 Å². The Morgan fingerprint density at radius 1 is 1.00 bits per heavy atom. The molecule has 0 amide bonds. The molecule has 0 fully saturated rings. The molecule has 0 aromatic heterocycles. The van der Waals surface area contributed by atoms with Gasteiger partial charge in [0.1, 0.15) is 23.0 Å². The lowest BCUT2D eigenvalue weighted by molar-refractivity contribution is 0.160. The van der Waals surface area contributed by atoms with Gasteiger partial charge in [-0.1, -0.05) is 12.1 Å². The van der Waals surface area contributed by atoms with Crippen LogP contribution in [0.25, 0.3) is 0 Å². The van der Waals surface area contributed by atoms with Crippen molar-refractivity contribution in [3.05, 3.63) is 47.5 Å². The Balaban J connectivity index is 2.22. The summed E-state index contributed by atoms with van der Waals surface area (Å²) in [6, 6.07) is 8.13. The van der Waals surface area contributed by atoms with Crippen LogP contribution in [-0.4, -0.2) is 30.2 Å². The van der Waals surface area contributed by atoms with Gasteiger partial charge in [-0.05, 0) is 30.5 Å². The van der Waals surface area contributed by atoms with Crippen molar-refractivity contribution in [1.29, 1.82) is 0 Å². The molecule has 0 spiro atoms. The standard InChI is InChI=1S/C15H17O8P/c16-10-4-1-9(2-5-10)3-6-12(18)15-13(19)7-11(17)8-14(15)23-24(20,21)22/h1-2,4-5,7-8,12,16-19H,3,6H2,(H2,20,21,22). The van der Waals surface area contributed by atoms with Gasteiger partial charge in [0.05, 0.1) is 11.7 Å². The summed E-state index contributed by atoms with van der Waals surface area (Å²) in [4.78, 5) is 17.8. The summed E-state index contributed by atoms with van der Waals surface area (Å²) in [5.74, 6) is -1.41. The molecule has 2 aromatic carbocycles. The maximum atomic E-state index is 11.0. The van der Waals surface area contributed by atoms with Crippen LogP contribution in [0.15, 0.2) is 36.4 Å². The molecule has 130 valence electrons. The van der Waals surface area contributed by atoms with Crippen LogP contribution in [0.1, 0.15) is 23.7 Å². The van der Waals surface area contributed by atoms with Crippen LogP contribution in [0.2, 0.25) is 0 Å². The highest BCUT2D eigenvalue weighted by Gasteiger charge is 2.25. The largest absolute Gasteiger partial charge is 0.524 e. The summed E-state index contributed by atoms with van der Waals surface area (Å²) in [6.07, 6.45) is -0.807. The molecule has 0 saturated heterocycles. The number of hydrogen-bond donors (Lipinski definition) is 6. The summed E-state index contributed by atoms with van der Waals surface area (Å²) >= 11 is 0. The molecule has 2 rings (SSSR count). The molecule has 0 aliphatic heterocycles. The highest BCUT2D eigenvalue weighted by Crippen LogP contribution is 2.46. The zero-order valence-electron chi connectivity index (χ0n) is 12.4. The second-order valence-corrected chi connectivity index (χ2v) is 6.34. The lowest BCUT2D eigenvalue weighted by atomic mass is 9.99. The molecule has 0 heterocycles. The van der Waals surface area contributed by atoms with Gasteiger partial charge in [0, 0.05) is 12.1 Å². The van der Waals surface area contributed by atoms with Gasteiger partial charge in [-0.2, -0.15) is 0 Å². The van der Waals surface area contributed by atoms with E-state index in [2.05, 4.69) is 4.52 Å². The lowest BCUT2D eigenvalue weighted by Gasteiger charge is -2.18. The van der Waals surface area contributed by atoms with Crippen molar-refractivity contribution in [1.82, 2.24) is 0 Å². The Labute approximate surface area is 137 Å². The Bertz CT molecular complexity index is 753. The van der Waals surface area contributed by atoms with Gasteiger partial charge in [0.25, 0.3) is 0 Å². The van der Waals surface area contributed by atoms with Crippen molar-refractivity contribution in [3.8, 4) is 23.0 Å². The third kappa shape index (κ3) is 4.87. The summed E-state index contributed by atoms with van der Waals surface area (Å²) < 4.78 is 15.4. The van der Waals surface area contributed by atoms with Crippen molar-refractivity contribution in [3.63, 3.8) is 0 Å². The monoisotopic (exact) mass is 356 g/mol. The summed E-state index contributed by atoms with van der Waals surface area (Å²) in [5.41, 5.74) is 0.581. The van der Waals surface area contributed by atoms with E-state index in [0.29, 0.717) is 6.42 Å². The zero-order chi connectivity index (χ0) is 17.9. The fourth-order valence-corrected chi connectivity index (χ4v) is 2.65. The fourth-order valence-electron chi connectivity index (χ4n) is 2.25. The number of aliphatic hydroxyl groups is 1. The van der Waals surface area contributed by atoms with E-state index in [4.69, 9.17) is 9.79 Å². The van der Waals surface area contributed by atoms with Crippen molar-refractivity contribution in [2.24, 2.45) is 0 Å². The first-order chi connectivity index (χ1) is 11.2. The van der Waals surface area contributed by atoms with Crippen molar-refractivity contribution < 1.29 is 39.3 Å². The van der Waals surface area contributed by atoms with Gasteiger partial charge in [-0.15, -0.1) is 0 Å². The molecule has 6 N–H and O–H groups in total. The minimum atomic E-state index is -4.94. The molecule has 9 heteroatoms. The van der Waals surface area contributed by atoms with E-state index in [0.717, 1.165) is 17.7 Å². The van der Waals surface area contributed by atoms with Crippen LogP contribution >= 0.6 is 7.82 Å². The molecule has 0 saturated carbocycles. The van der Waals surface area contributed by atoms with Crippen LogP contribution in [0, 0.1) is 0 Å². The molecule has 1 unspecified atom stereocenters. The van der Waals surface area contributed by atoms with Crippen LogP contribution in [0.4, 0.5) is 0 Å². The predicted octanol–water partition coefficient (Wildman–Crippen LogP) is 1.94. The van der Waals surface area contributed by atoms with Crippen LogP contribution in [0.5, 0.6) is 23.0 Å². The molecule has 24 heavy (non-hydrogen) atoms. The Kier molecular flexibility index (Phi) is 5.36. The number of aliphatic hydroxyl groups excluding tert-OH is 1. The van der Waals surface area contributed by atoms with Gasteiger partial charge in [-0.3, -0.25) is 9.79 Å². The quantitative estimate of drug-likeness (QED) is 0.430. The minimum Gasteiger partial charge on any atom is -0.508 e. The van der Waals surface area contributed by atoms with Crippen LogP contribution < -0.4 is 4.52 Å². The number of phosphoric acid groups is 1. The normalized spacial score (nSPS) is 12.8. The average Bonchev–Trinajstić information content (AvgIpc) is 2.44. The predicted molar refractivity (Wildman–Crippen MR) is 83.8 cm³/mol. The van der Waals surface area contributed by atoms with E-state index >= 15 is 0 Å². The highest BCUT2D eigenvalue weighted by molar-refractivity contribution is 7.46. The number of phosphoric ester groups is 1. The number of benzene rings is 2. The molecule has 1 atom stereocenters. The summed E-state index contributed by atoms with van der Waals surface area (Å²) in [5, 5.41) is 38.8. The fraction of sp³-hybridized carbons (Fsp3) is 0.200. The van der Waals surface area contributed by atoms with Crippen LogP contribution in [0.3, 0.4) is 0 Å². The van der Waals surface area contributed by atoms with Gasteiger partial charge in [-0.25, -0.2) is 4.57 Å². The molecule has 0 aliphatic carbocycles. The third-order valence-electron chi connectivity index (χ3n) is 3.30. The third-order valence-corrected chi connectivity index (χ3v) is 3.73. The summed E-state index contributed by atoms with van der Waals surface area (Å²) in [7, 11) is -4.94. The van der Waals surface area contributed by atoms with Crippen molar-refractivity contribution >= 4 is 7.82 Å². The zero-order valence-corrected chi connectivity index (χ0v) is 13.3. The number of phenolic OH excluding ortho intramolecular Hbond substituents is 3. The number of phenols is 3. The highest BCUT2D eigenvalue weighted by atomic mass is 31.2. The molecule has 2 aromatic rings. The van der Waals surface area contributed by atoms with Crippen molar-refractivity contribution in [2.75, 3.05) is 0 Å². The minimum absolute atomic E-state index is 0.104. The van der Waals surface area contributed by atoms with E-state index in [9.17, 15) is 25.0 Å². The SMILES string of the molecule is O=P(O)(O)Oc1cc(O)cc(O)c1C(O)CCc1ccc(O)cc1. The first-order valence-corrected chi connectivity index (χ1v) is 8.46. The lowest BCUT2D eigenvalue weighted by Crippen LogP contribution is -2.04. The van der Waals surface area contributed by atoms with Gasteiger partial charge >= 0.3 is 7.82 Å². The average molecular weight is 356 g/mol. The molecule has 0 aliphatic rings. The first kappa shape index (κ1) is 18.1. The van der Waals surface area contributed by atoms with E-state index in [1.54, 1.807) is 12.1 Å². The molecule has 0 radical (unpaired) electrons. The van der Waals surface area contributed by atoms with Crippen LogP contribution in [-0.2, 0) is 11.0 Å². The Morgan fingerprint density at radius 2 is 1.62 bits per heavy atom. The number of rotatable bonds is 6. The number of hydrogen-bond acceptors (Lipinski definition) is 6. The maximum Gasteiger partial charge on any atom is 0.524 e. The smallest absolute Gasteiger partial charge is 0.508 e. The Hall–Kier alpha value is -2.25. The molecule has 0 bridgehead atoms. The van der Waals surface area contributed by atoms with Gasteiger partial charge in [0.2, 0.25) is 0 Å². The second kappa shape index (κ2) is 7.11. The second-order valence-electron chi connectivity index (χ2n) is 5.18. The number of aromatic hydroxyl groups is 3. The van der Waals surface area contributed by atoms with Gasteiger partial charge < -0.3 is 24.9 Å². The first-order valence-electron chi connectivity index (χ1n) is 6.92. The van der Waals surface area contributed by atoms with Gasteiger partial charge in [0.15, 0.2) is 0 Å². The van der Waals surface area contributed by atoms with Crippen molar-refractivity contribution in [2.45, 2.75) is 18.9 Å². The topological polar surface area (TPSA) is 148 Å². The summed E-state index contributed by atoms with van der Waals surface area (Å²) in [6.45, 7) is 0. The molecular weight excluding hydrogens is 339 g/mol. The Morgan fingerprint density at radius 3 is 2.21 bits per heavy atom. The van der Waals surface area contributed by atoms with E-state index < -0.39 is 31.2 Å².